The molecule has 2 aromatic carbocycles. The second-order valence-corrected chi connectivity index (χ2v) is 7.00. The molecule has 0 fully saturated rings. The summed E-state index contributed by atoms with van der Waals surface area (Å²) in [4.78, 5) is 14.4. The van der Waals surface area contributed by atoms with Gasteiger partial charge in [-0.1, -0.05) is 35.0 Å². The van der Waals surface area contributed by atoms with E-state index in [9.17, 15) is 4.79 Å². The second kappa shape index (κ2) is 7.45. The summed E-state index contributed by atoms with van der Waals surface area (Å²) >= 11 is 5.96. The van der Waals surface area contributed by atoms with Crippen molar-refractivity contribution in [3.63, 3.8) is 0 Å². The number of hydrogen-bond donors (Lipinski definition) is 0. The molecule has 2 heterocycles. The lowest BCUT2D eigenvalue weighted by Crippen LogP contribution is -2.38. The molecule has 0 saturated carbocycles. The Labute approximate surface area is 162 Å². The van der Waals surface area contributed by atoms with Crippen LogP contribution in [-0.2, 0) is 17.8 Å². The monoisotopic (exact) mass is 382 g/mol. The maximum atomic E-state index is 12.6. The number of amides is 1. The van der Waals surface area contributed by atoms with Crippen molar-refractivity contribution in [2.24, 2.45) is 0 Å². The van der Waals surface area contributed by atoms with E-state index in [1.807, 2.05) is 55.5 Å². The van der Waals surface area contributed by atoms with Crippen LogP contribution in [0.1, 0.15) is 16.8 Å². The number of aromatic nitrogens is 1. The van der Waals surface area contributed by atoms with Crippen molar-refractivity contribution in [2.75, 3.05) is 13.2 Å². The van der Waals surface area contributed by atoms with Crippen molar-refractivity contribution >= 4 is 17.5 Å². The molecule has 0 unspecified atom stereocenters. The van der Waals surface area contributed by atoms with Gasteiger partial charge in [0, 0.05) is 29.1 Å². The largest absolute Gasteiger partial charge is 0.484 e. The first-order valence-corrected chi connectivity index (χ1v) is 9.19. The van der Waals surface area contributed by atoms with E-state index in [1.54, 1.807) is 4.90 Å². The SMILES string of the molecule is Cc1ccccc1OCC(=O)N1CCc2noc(-c3ccc(Cl)cc3)c2C1. The predicted octanol–water partition coefficient (Wildman–Crippen LogP) is 4.27. The van der Waals surface area contributed by atoms with Crippen molar-refractivity contribution in [2.45, 2.75) is 19.9 Å². The van der Waals surface area contributed by atoms with Gasteiger partial charge in [-0.3, -0.25) is 4.79 Å². The average Bonchev–Trinajstić information content (AvgIpc) is 3.11. The Hall–Kier alpha value is -2.79. The number of fused-ring (bicyclic) bond motifs is 1. The van der Waals surface area contributed by atoms with Crippen LogP contribution in [-0.4, -0.2) is 29.1 Å². The van der Waals surface area contributed by atoms with Crippen molar-refractivity contribution in [3.8, 4) is 17.1 Å². The maximum absolute atomic E-state index is 12.6. The van der Waals surface area contributed by atoms with Crippen LogP contribution in [0.5, 0.6) is 5.75 Å². The number of nitrogens with zero attached hydrogens (tertiary/aromatic N) is 2. The first-order valence-electron chi connectivity index (χ1n) is 8.81. The van der Waals surface area contributed by atoms with E-state index in [0.29, 0.717) is 30.3 Å². The first-order chi connectivity index (χ1) is 13.1. The highest BCUT2D eigenvalue weighted by atomic mass is 35.5. The first kappa shape index (κ1) is 17.6. The summed E-state index contributed by atoms with van der Waals surface area (Å²) in [5.41, 5.74) is 3.77. The number of aryl methyl sites for hydroxylation is 1. The van der Waals surface area contributed by atoms with Crippen LogP contribution in [0.25, 0.3) is 11.3 Å². The zero-order valence-corrected chi connectivity index (χ0v) is 15.7. The van der Waals surface area contributed by atoms with E-state index in [0.717, 1.165) is 28.1 Å². The van der Waals surface area contributed by atoms with E-state index >= 15 is 0 Å². The van der Waals surface area contributed by atoms with Gasteiger partial charge in [0.2, 0.25) is 0 Å². The van der Waals surface area contributed by atoms with Gasteiger partial charge in [0.25, 0.3) is 5.91 Å². The molecule has 4 rings (SSSR count). The molecule has 3 aromatic rings. The summed E-state index contributed by atoms with van der Waals surface area (Å²) in [6.07, 6.45) is 0.669. The van der Waals surface area contributed by atoms with E-state index < -0.39 is 0 Å². The van der Waals surface area contributed by atoms with Gasteiger partial charge in [0.1, 0.15) is 5.75 Å². The standard InChI is InChI=1S/C21H19ClN2O3/c1-14-4-2-3-5-19(14)26-13-20(25)24-11-10-18-17(12-24)21(27-23-18)15-6-8-16(22)9-7-15/h2-9H,10-13H2,1H3. The fourth-order valence-corrected chi connectivity index (χ4v) is 3.33. The Morgan fingerprint density at radius 1 is 1.22 bits per heavy atom. The minimum Gasteiger partial charge on any atom is -0.484 e. The molecule has 138 valence electrons. The number of rotatable bonds is 4. The van der Waals surface area contributed by atoms with Gasteiger partial charge in [0.15, 0.2) is 12.4 Å². The van der Waals surface area contributed by atoms with Gasteiger partial charge in [-0.05, 0) is 42.8 Å². The van der Waals surface area contributed by atoms with Crippen molar-refractivity contribution in [3.05, 3.63) is 70.4 Å². The molecule has 0 radical (unpaired) electrons. The van der Waals surface area contributed by atoms with Crippen molar-refractivity contribution in [1.29, 1.82) is 0 Å². The number of ether oxygens (including phenoxy) is 1. The minimum atomic E-state index is -0.0489. The fourth-order valence-electron chi connectivity index (χ4n) is 3.20. The van der Waals surface area contributed by atoms with Crippen LogP contribution >= 0.6 is 11.6 Å². The maximum Gasteiger partial charge on any atom is 0.260 e. The quantitative estimate of drug-likeness (QED) is 0.676. The zero-order chi connectivity index (χ0) is 18.8. The zero-order valence-electron chi connectivity index (χ0n) is 14.9. The molecule has 0 atom stereocenters. The summed E-state index contributed by atoms with van der Waals surface area (Å²) in [6, 6.07) is 15.1. The van der Waals surface area contributed by atoms with Gasteiger partial charge in [0.05, 0.1) is 12.2 Å². The predicted molar refractivity (Wildman–Crippen MR) is 103 cm³/mol. The minimum absolute atomic E-state index is 0.0156. The van der Waals surface area contributed by atoms with Gasteiger partial charge in [-0.15, -0.1) is 0 Å². The highest BCUT2D eigenvalue weighted by Gasteiger charge is 2.27. The summed E-state index contributed by atoms with van der Waals surface area (Å²) in [6.45, 7) is 3.05. The molecule has 1 amide bonds. The second-order valence-electron chi connectivity index (χ2n) is 6.56. The molecule has 1 aromatic heterocycles. The van der Waals surface area contributed by atoms with Crippen molar-refractivity contribution in [1.82, 2.24) is 10.1 Å². The third kappa shape index (κ3) is 3.69. The van der Waals surface area contributed by atoms with Crippen molar-refractivity contribution < 1.29 is 14.1 Å². The lowest BCUT2D eigenvalue weighted by atomic mass is 10.0. The van der Waals surface area contributed by atoms with E-state index in [1.165, 1.54) is 0 Å². The Balaban J connectivity index is 1.47. The van der Waals surface area contributed by atoms with Crippen LogP contribution in [0.4, 0.5) is 0 Å². The molecule has 0 spiro atoms. The summed E-state index contributed by atoms with van der Waals surface area (Å²) in [5, 5.41) is 4.84. The number of hydrogen-bond acceptors (Lipinski definition) is 4. The molecule has 0 aliphatic carbocycles. The molecule has 0 saturated heterocycles. The number of benzene rings is 2. The third-order valence-electron chi connectivity index (χ3n) is 4.74. The highest BCUT2D eigenvalue weighted by molar-refractivity contribution is 6.30. The van der Waals surface area contributed by atoms with Crippen LogP contribution < -0.4 is 4.74 Å². The van der Waals surface area contributed by atoms with Crippen LogP contribution in [0, 0.1) is 6.92 Å². The van der Waals surface area contributed by atoms with Crippen LogP contribution in [0.2, 0.25) is 5.02 Å². The Kier molecular flexibility index (Phi) is 4.86. The molecule has 1 aliphatic rings. The topological polar surface area (TPSA) is 55.6 Å². The third-order valence-corrected chi connectivity index (χ3v) is 4.99. The lowest BCUT2D eigenvalue weighted by molar-refractivity contribution is -0.134. The van der Waals surface area contributed by atoms with E-state index in [-0.39, 0.29) is 12.5 Å². The lowest BCUT2D eigenvalue weighted by Gasteiger charge is -2.26. The Morgan fingerprint density at radius 3 is 2.78 bits per heavy atom. The average molecular weight is 383 g/mol. The molecular formula is C21H19ClN2O3. The summed E-state index contributed by atoms with van der Waals surface area (Å²) in [5.74, 6) is 1.38. The van der Waals surface area contributed by atoms with E-state index in [2.05, 4.69) is 5.16 Å². The Morgan fingerprint density at radius 2 is 2.00 bits per heavy atom. The Bertz CT molecular complexity index is 966. The summed E-state index contributed by atoms with van der Waals surface area (Å²) in [7, 11) is 0. The van der Waals surface area contributed by atoms with Gasteiger partial charge >= 0.3 is 0 Å². The normalized spacial score (nSPS) is 13.3. The van der Waals surface area contributed by atoms with E-state index in [4.69, 9.17) is 20.9 Å². The van der Waals surface area contributed by atoms with Gasteiger partial charge < -0.3 is 14.2 Å². The number of para-hydroxylation sites is 1. The smallest absolute Gasteiger partial charge is 0.260 e. The fraction of sp³-hybridized carbons (Fsp3) is 0.238. The van der Waals surface area contributed by atoms with Crippen LogP contribution in [0.15, 0.2) is 53.1 Å². The number of carbonyl (C=O) groups excluding carboxylic acids is 1. The van der Waals surface area contributed by atoms with Crippen LogP contribution in [0.3, 0.4) is 0 Å². The number of halogens is 1. The molecule has 0 bridgehead atoms. The molecule has 0 N–H and O–H groups in total. The molecular weight excluding hydrogens is 364 g/mol. The molecule has 6 heteroatoms. The molecule has 27 heavy (non-hydrogen) atoms. The van der Waals surface area contributed by atoms with Gasteiger partial charge in [-0.25, -0.2) is 0 Å². The highest BCUT2D eigenvalue weighted by Crippen LogP contribution is 2.31. The number of carbonyl (C=O) groups is 1. The molecule has 1 aliphatic heterocycles. The van der Waals surface area contributed by atoms with Gasteiger partial charge in [-0.2, -0.15) is 0 Å². The molecule has 5 nitrogen and oxygen atoms in total. The summed E-state index contributed by atoms with van der Waals surface area (Å²) < 4.78 is 11.3.